The van der Waals surface area contributed by atoms with E-state index in [4.69, 9.17) is 10.2 Å². The number of nitrogens with one attached hydrogen (secondary N) is 1. The second-order valence-electron chi connectivity index (χ2n) is 4.02. The van der Waals surface area contributed by atoms with Gasteiger partial charge in [0, 0.05) is 25.6 Å². The number of aliphatic carboxylic acids is 1. The Kier molecular flexibility index (Phi) is 4.96. The summed E-state index contributed by atoms with van der Waals surface area (Å²) in [6.45, 7) is 3.69. The van der Waals surface area contributed by atoms with Crippen molar-refractivity contribution < 1.29 is 19.8 Å². The minimum Gasteiger partial charge on any atom is -0.480 e. The third-order valence-corrected chi connectivity index (χ3v) is 2.59. The summed E-state index contributed by atoms with van der Waals surface area (Å²) in [4.78, 5) is 24.2. The van der Waals surface area contributed by atoms with Gasteiger partial charge in [0.25, 0.3) is 0 Å². The molecule has 0 aromatic rings. The standard InChI is InChI=1S/C11H18N2O4/c1-2-6-13(8-3-4-8)11(17)12-9(5-7-14)10(15)16/h2,8-9,14H,1,3-7H2,(H,12,17)(H,15,16). The number of aliphatic hydroxyl groups is 1. The largest absolute Gasteiger partial charge is 0.480 e. The molecule has 1 aliphatic carbocycles. The first-order chi connectivity index (χ1) is 8.10. The third kappa shape index (κ3) is 4.07. The van der Waals surface area contributed by atoms with E-state index in [1.807, 2.05) is 0 Å². The van der Waals surface area contributed by atoms with Crippen LogP contribution in [0.2, 0.25) is 0 Å². The minimum absolute atomic E-state index is 0.00761. The Morgan fingerprint density at radius 3 is 2.59 bits per heavy atom. The Labute approximate surface area is 99.9 Å². The van der Waals surface area contributed by atoms with E-state index in [1.165, 1.54) is 0 Å². The van der Waals surface area contributed by atoms with Crippen molar-refractivity contribution in [2.24, 2.45) is 0 Å². The lowest BCUT2D eigenvalue weighted by Gasteiger charge is -2.23. The first kappa shape index (κ1) is 13.5. The molecule has 0 radical (unpaired) electrons. The van der Waals surface area contributed by atoms with Gasteiger partial charge in [0.05, 0.1) is 0 Å². The number of amides is 2. The van der Waals surface area contributed by atoms with Gasteiger partial charge in [-0.25, -0.2) is 9.59 Å². The maximum Gasteiger partial charge on any atom is 0.326 e. The van der Waals surface area contributed by atoms with Crippen molar-refractivity contribution in [2.75, 3.05) is 13.2 Å². The number of aliphatic hydroxyl groups excluding tert-OH is 1. The van der Waals surface area contributed by atoms with Crippen LogP contribution >= 0.6 is 0 Å². The molecule has 0 aromatic heterocycles. The number of nitrogens with zero attached hydrogens (tertiary/aromatic N) is 1. The average Bonchev–Trinajstić information content (AvgIpc) is 3.08. The lowest BCUT2D eigenvalue weighted by molar-refractivity contribution is -0.139. The molecule has 1 fully saturated rings. The Balaban J connectivity index is 2.54. The van der Waals surface area contributed by atoms with E-state index < -0.39 is 18.0 Å². The van der Waals surface area contributed by atoms with Gasteiger partial charge in [-0.1, -0.05) is 6.08 Å². The first-order valence-electron chi connectivity index (χ1n) is 5.61. The van der Waals surface area contributed by atoms with Crippen LogP contribution in [0.25, 0.3) is 0 Å². The number of rotatable bonds is 7. The zero-order valence-electron chi connectivity index (χ0n) is 9.63. The van der Waals surface area contributed by atoms with Crippen molar-refractivity contribution in [1.29, 1.82) is 0 Å². The highest BCUT2D eigenvalue weighted by atomic mass is 16.4. The van der Waals surface area contributed by atoms with Gasteiger partial charge in [-0.15, -0.1) is 6.58 Å². The van der Waals surface area contributed by atoms with E-state index in [1.54, 1.807) is 11.0 Å². The van der Waals surface area contributed by atoms with E-state index in [0.29, 0.717) is 6.54 Å². The Bertz CT molecular complexity index is 302. The summed E-state index contributed by atoms with van der Waals surface area (Å²) in [5.74, 6) is -1.14. The smallest absolute Gasteiger partial charge is 0.326 e. The molecule has 1 saturated carbocycles. The summed E-state index contributed by atoms with van der Waals surface area (Å²) < 4.78 is 0. The number of carbonyl (C=O) groups is 2. The fourth-order valence-electron chi connectivity index (χ4n) is 1.54. The van der Waals surface area contributed by atoms with Crippen LogP contribution in [-0.2, 0) is 4.79 Å². The molecule has 0 heterocycles. The SMILES string of the molecule is C=CCN(C(=O)NC(CCO)C(=O)O)C1CC1. The van der Waals surface area contributed by atoms with E-state index in [9.17, 15) is 9.59 Å². The van der Waals surface area contributed by atoms with E-state index in [2.05, 4.69) is 11.9 Å². The van der Waals surface area contributed by atoms with Gasteiger partial charge in [0.1, 0.15) is 6.04 Å². The predicted octanol–water partition coefficient (Wildman–Crippen LogP) is 0.182. The Hall–Kier alpha value is -1.56. The summed E-state index contributed by atoms with van der Waals surface area (Å²) in [5.41, 5.74) is 0. The van der Waals surface area contributed by atoms with E-state index >= 15 is 0 Å². The zero-order valence-corrected chi connectivity index (χ0v) is 9.63. The van der Waals surface area contributed by atoms with E-state index in [-0.39, 0.29) is 19.1 Å². The van der Waals surface area contributed by atoms with Gasteiger partial charge >= 0.3 is 12.0 Å². The molecule has 96 valence electrons. The quantitative estimate of drug-likeness (QED) is 0.556. The summed E-state index contributed by atoms with van der Waals surface area (Å²) in [6.07, 6.45) is 3.51. The van der Waals surface area contributed by atoms with Crippen LogP contribution in [0, 0.1) is 0 Å². The molecule has 1 atom stereocenters. The second-order valence-corrected chi connectivity index (χ2v) is 4.02. The number of hydrogen-bond donors (Lipinski definition) is 3. The zero-order chi connectivity index (χ0) is 12.8. The van der Waals surface area contributed by atoms with Gasteiger partial charge in [-0.2, -0.15) is 0 Å². The van der Waals surface area contributed by atoms with Gasteiger partial charge in [0.2, 0.25) is 0 Å². The maximum absolute atomic E-state index is 11.8. The van der Waals surface area contributed by atoms with Crippen LogP contribution in [0.4, 0.5) is 4.79 Å². The molecule has 17 heavy (non-hydrogen) atoms. The molecular formula is C11H18N2O4. The van der Waals surface area contributed by atoms with Crippen LogP contribution < -0.4 is 5.32 Å². The first-order valence-corrected chi connectivity index (χ1v) is 5.61. The normalized spacial score (nSPS) is 16.1. The average molecular weight is 242 g/mol. The van der Waals surface area contributed by atoms with E-state index in [0.717, 1.165) is 12.8 Å². The van der Waals surface area contributed by atoms with Crippen molar-refractivity contribution in [3.8, 4) is 0 Å². The third-order valence-electron chi connectivity index (χ3n) is 2.59. The molecular weight excluding hydrogens is 224 g/mol. The molecule has 6 nitrogen and oxygen atoms in total. The van der Waals surface area contributed by atoms with Crippen LogP contribution in [0.5, 0.6) is 0 Å². The fourth-order valence-corrected chi connectivity index (χ4v) is 1.54. The number of carboxylic acid groups (broad SMARTS) is 1. The van der Waals surface area contributed by atoms with Crippen molar-refractivity contribution in [1.82, 2.24) is 10.2 Å². The molecule has 1 aliphatic rings. The highest BCUT2D eigenvalue weighted by Crippen LogP contribution is 2.26. The van der Waals surface area contributed by atoms with Crippen LogP contribution in [-0.4, -0.2) is 52.3 Å². The Morgan fingerprint density at radius 2 is 2.18 bits per heavy atom. The molecule has 1 unspecified atom stereocenters. The second kappa shape index (κ2) is 6.24. The lowest BCUT2D eigenvalue weighted by Crippen LogP contribution is -2.49. The summed E-state index contributed by atoms with van der Waals surface area (Å²) >= 11 is 0. The molecule has 0 spiro atoms. The number of hydrogen-bond acceptors (Lipinski definition) is 3. The minimum atomic E-state index is -1.14. The molecule has 0 bridgehead atoms. The topological polar surface area (TPSA) is 89.9 Å². The van der Waals surface area contributed by atoms with Crippen LogP contribution in [0.3, 0.4) is 0 Å². The lowest BCUT2D eigenvalue weighted by atomic mass is 10.2. The summed E-state index contributed by atoms with van der Waals surface area (Å²) in [5, 5.41) is 20.0. The Morgan fingerprint density at radius 1 is 1.53 bits per heavy atom. The molecule has 0 aromatic carbocycles. The molecule has 0 aliphatic heterocycles. The van der Waals surface area contributed by atoms with Crippen molar-refractivity contribution in [2.45, 2.75) is 31.3 Å². The van der Waals surface area contributed by atoms with Crippen LogP contribution in [0.1, 0.15) is 19.3 Å². The van der Waals surface area contributed by atoms with Gasteiger partial charge in [-0.05, 0) is 12.8 Å². The van der Waals surface area contributed by atoms with Crippen LogP contribution in [0.15, 0.2) is 12.7 Å². The molecule has 1 rings (SSSR count). The monoisotopic (exact) mass is 242 g/mol. The molecule has 3 N–H and O–H groups in total. The summed E-state index contributed by atoms with van der Waals surface area (Å²) in [6, 6.07) is -1.26. The fraction of sp³-hybridized carbons (Fsp3) is 0.636. The number of carbonyl (C=O) groups excluding carboxylic acids is 1. The molecule has 0 saturated heterocycles. The number of carboxylic acids is 1. The highest BCUT2D eigenvalue weighted by Gasteiger charge is 2.33. The van der Waals surface area contributed by atoms with Crippen molar-refractivity contribution >= 4 is 12.0 Å². The predicted molar refractivity (Wildman–Crippen MR) is 61.6 cm³/mol. The van der Waals surface area contributed by atoms with Crippen molar-refractivity contribution in [3.05, 3.63) is 12.7 Å². The van der Waals surface area contributed by atoms with Gasteiger partial charge in [0.15, 0.2) is 0 Å². The van der Waals surface area contributed by atoms with Gasteiger partial charge in [-0.3, -0.25) is 0 Å². The van der Waals surface area contributed by atoms with Crippen molar-refractivity contribution in [3.63, 3.8) is 0 Å². The highest BCUT2D eigenvalue weighted by molar-refractivity contribution is 5.83. The number of urea groups is 1. The molecule has 6 heteroatoms. The summed E-state index contributed by atoms with van der Waals surface area (Å²) in [7, 11) is 0. The molecule has 2 amide bonds. The maximum atomic E-state index is 11.8. The van der Waals surface area contributed by atoms with Gasteiger partial charge < -0.3 is 20.4 Å².